The minimum atomic E-state index is -4.05. The maximum atomic E-state index is 12.1. The third-order valence-corrected chi connectivity index (χ3v) is 9.21. The maximum Gasteiger partial charge on any atom is 0.245 e. The molecule has 13 heteroatoms. The van der Waals surface area contributed by atoms with Gasteiger partial charge in [0.25, 0.3) is 0 Å². The average molecular weight is 527 g/mol. The number of imidazole rings is 1. The van der Waals surface area contributed by atoms with Crippen LogP contribution in [0.15, 0.2) is 66.2 Å². The van der Waals surface area contributed by atoms with Crippen LogP contribution in [-0.4, -0.2) is 43.7 Å². The highest BCUT2D eigenvalue weighted by Crippen LogP contribution is 2.37. The minimum Gasteiger partial charge on any atom is -0.339 e. The van der Waals surface area contributed by atoms with Crippen molar-refractivity contribution >= 4 is 42.9 Å². The average Bonchev–Trinajstić information content (AvgIpc) is 3.39. The van der Waals surface area contributed by atoms with Crippen LogP contribution in [0.3, 0.4) is 0 Å². The van der Waals surface area contributed by atoms with E-state index >= 15 is 0 Å². The molecule has 0 spiro atoms. The Kier molecular flexibility index (Phi) is 5.75. The van der Waals surface area contributed by atoms with E-state index in [2.05, 4.69) is 20.5 Å². The topological polar surface area (TPSA) is 143 Å². The molecule has 36 heavy (non-hydrogen) atoms. The molecule has 2 aromatic carbocycles. The number of nitroso groups, excluding NO2 is 1. The Morgan fingerprint density at radius 1 is 1.06 bits per heavy atom. The lowest BCUT2D eigenvalue weighted by atomic mass is 10.1. The molecule has 0 amide bonds. The Morgan fingerprint density at radius 3 is 2.44 bits per heavy atom. The summed E-state index contributed by atoms with van der Waals surface area (Å²) in [6.45, 7) is 0. The molecule has 1 unspecified atom stereocenters. The first-order valence-electron chi connectivity index (χ1n) is 10.9. The van der Waals surface area contributed by atoms with Gasteiger partial charge in [-0.2, -0.15) is 8.62 Å². The summed E-state index contributed by atoms with van der Waals surface area (Å²) >= 11 is 0. The quantitative estimate of drug-likeness (QED) is 0.360. The molecule has 0 radical (unpaired) electrons. The number of rotatable bonds is 7. The molecular formula is C23H22N6O5S2. The zero-order valence-corrected chi connectivity index (χ0v) is 21.0. The normalized spacial score (nSPS) is 15.6. The summed E-state index contributed by atoms with van der Waals surface area (Å²) in [6, 6.07) is 11.5. The predicted octanol–water partition coefficient (Wildman–Crippen LogP) is 3.62. The van der Waals surface area contributed by atoms with Crippen LogP contribution in [0.4, 0.5) is 17.2 Å². The Balaban J connectivity index is 1.56. The fraction of sp³-hybridized carbons (Fsp3) is 0.217. The van der Waals surface area contributed by atoms with Crippen molar-refractivity contribution in [2.24, 2.45) is 5.18 Å². The summed E-state index contributed by atoms with van der Waals surface area (Å²) in [5, 5.41) is 6.61. The number of anilines is 3. The monoisotopic (exact) mass is 526 g/mol. The Bertz CT molecular complexity index is 1670. The van der Waals surface area contributed by atoms with E-state index in [1.54, 1.807) is 30.7 Å². The summed E-state index contributed by atoms with van der Waals surface area (Å²) < 4.78 is 50.7. The molecular weight excluding hydrogens is 504 g/mol. The highest BCUT2D eigenvalue weighted by Gasteiger charge is 2.28. The molecule has 186 valence electrons. The molecule has 0 aliphatic heterocycles. The Hall–Kier alpha value is -3.84. The molecule has 1 aliphatic carbocycles. The second-order valence-corrected chi connectivity index (χ2v) is 12.5. The molecule has 11 nitrogen and oxygen atoms in total. The molecule has 2 aromatic heterocycles. The number of nitrogens with zero attached hydrogens (tertiary/aromatic N) is 5. The van der Waals surface area contributed by atoms with E-state index in [0.717, 1.165) is 35.7 Å². The van der Waals surface area contributed by atoms with Gasteiger partial charge in [-0.05, 0) is 48.2 Å². The highest BCUT2D eigenvalue weighted by atomic mass is 32.3. The second-order valence-electron chi connectivity index (χ2n) is 8.58. The zero-order valence-electron chi connectivity index (χ0n) is 19.4. The summed E-state index contributed by atoms with van der Waals surface area (Å²) in [5.41, 5.74) is 4.59. The van der Waals surface area contributed by atoms with Gasteiger partial charge in [0.05, 0.1) is 24.4 Å². The van der Waals surface area contributed by atoms with Crippen LogP contribution in [0.2, 0.25) is 0 Å². The van der Waals surface area contributed by atoms with Crippen molar-refractivity contribution in [1.29, 1.82) is 0 Å². The fourth-order valence-electron chi connectivity index (χ4n) is 4.52. The SMILES string of the molecule is CS(=O)(=O)N(c1ccc(-c2nc3cnccn3c2Nc2ccc3c(c2)CCC3N=O)cc1)S(C)(=O)=O. The number of nitrogens with one attached hydrogen (secondary N) is 1. The van der Waals surface area contributed by atoms with Crippen molar-refractivity contribution in [3.8, 4) is 11.3 Å². The van der Waals surface area contributed by atoms with Crippen LogP contribution in [0.25, 0.3) is 16.9 Å². The third kappa shape index (κ3) is 4.31. The number of fused-ring (bicyclic) bond motifs is 2. The summed E-state index contributed by atoms with van der Waals surface area (Å²) in [7, 11) is -8.11. The van der Waals surface area contributed by atoms with Crippen molar-refractivity contribution in [3.63, 3.8) is 0 Å². The van der Waals surface area contributed by atoms with Gasteiger partial charge in [-0.1, -0.05) is 23.4 Å². The first-order chi connectivity index (χ1) is 17.1. The minimum absolute atomic E-state index is 0.000605. The predicted molar refractivity (Wildman–Crippen MR) is 137 cm³/mol. The van der Waals surface area contributed by atoms with Gasteiger partial charge in [0, 0.05) is 23.6 Å². The van der Waals surface area contributed by atoms with Crippen molar-refractivity contribution in [2.45, 2.75) is 18.9 Å². The number of aromatic nitrogens is 3. The van der Waals surface area contributed by atoms with E-state index in [9.17, 15) is 21.7 Å². The van der Waals surface area contributed by atoms with Crippen LogP contribution in [0.5, 0.6) is 0 Å². The molecule has 1 atom stereocenters. The molecule has 0 bridgehead atoms. The molecule has 5 rings (SSSR count). The van der Waals surface area contributed by atoms with E-state index in [1.165, 1.54) is 12.1 Å². The maximum absolute atomic E-state index is 12.1. The van der Waals surface area contributed by atoms with E-state index in [1.807, 2.05) is 22.6 Å². The van der Waals surface area contributed by atoms with Gasteiger partial charge in [-0.15, -0.1) is 0 Å². The molecule has 4 aromatic rings. The van der Waals surface area contributed by atoms with Gasteiger partial charge < -0.3 is 5.32 Å². The number of benzene rings is 2. The van der Waals surface area contributed by atoms with Crippen LogP contribution in [-0.2, 0) is 26.5 Å². The Labute approximate surface area is 207 Å². The van der Waals surface area contributed by atoms with Crippen molar-refractivity contribution in [2.75, 3.05) is 21.5 Å². The third-order valence-electron chi connectivity index (χ3n) is 5.96. The summed E-state index contributed by atoms with van der Waals surface area (Å²) in [4.78, 5) is 19.9. The molecule has 0 fully saturated rings. The summed E-state index contributed by atoms with van der Waals surface area (Å²) in [5.74, 6) is 0.645. The Morgan fingerprint density at radius 2 is 1.78 bits per heavy atom. The molecule has 0 saturated heterocycles. The largest absolute Gasteiger partial charge is 0.339 e. The lowest BCUT2D eigenvalue weighted by Gasteiger charge is -2.19. The lowest BCUT2D eigenvalue weighted by Crippen LogP contribution is -2.35. The van der Waals surface area contributed by atoms with Crippen molar-refractivity contribution < 1.29 is 16.8 Å². The van der Waals surface area contributed by atoms with Gasteiger partial charge in [0.15, 0.2) is 5.65 Å². The van der Waals surface area contributed by atoms with Crippen LogP contribution < -0.4 is 9.03 Å². The van der Waals surface area contributed by atoms with Crippen molar-refractivity contribution in [3.05, 3.63) is 77.1 Å². The second kappa shape index (κ2) is 8.68. The molecule has 1 aliphatic rings. The fourth-order valence-corrected chi connectivity index (χ4v) is 7.49. The van der Waals surface area contributed by atoms with Gasteiger partial charge in [0.1, 0.15) is 17.6 Å². The van der Waals surface area contributed by atoms with Crippen LogP contribution in [0.1, 0.15) is 23.6 Å². The van der Waals surface area contributed by atoms with E-state index in [4.69, 9.17) is 0 Å². The number of hydrogen-bond donors (Lipinski definition) is 1. The van der Waals surface area contributed by atoms with Crippen LogP contribution in [0, 0.1) is 4.91 Å². The van der Waals surface area contributed by atoms with Gasteiger partial charge in [-0.25, -0.2) is 21.8 Å². The highest BCUT2D eigenvalue weighted by molar-refractivity contribution is 8.09. The summed E-state index contributed by atoms with van der Waals surface area (Å²) in [6.07, 6.45) is 8.14. The first kappa shape index (κ1) is 23.9. The van der Waals surface area contributed by atoms with Gasteiger partial charge in [0.2, 0.25) is 20.0 Å². The molecule has 1 N–H and O–H groups in total. The van der Waals surface area contributed by atoms with Crippen LogP contribution >= 0.6 is 0 Å². The number of aryl methyl sites for hydroxylation is 1. The zero-order chi connectivity index (χ0) is 25.7. The van der Waals surface area contributed by atoms with Gasteiger partial charge >= 0.3 is 0 Å². The first-order valence-corrected chi connectivity index (χ1v) is 14.6. The number of hydrogen-bond acceptors (Lipinski definition) is 9. The molecule has 2 heterocycles. The molecule has 0 saturated carbocycles. The van der Waals surface area contributed by atoms with Crippen molar-refractivity contribution in [1.82, 2.24) is 14.4 Å². The van der Waals surface area contributed by atoms with Gasteiger partial charge in [-0.3, -0.25) is 9.38 Å². The smallest absolute Gasteiger partial charge is 0.245 e. The van der Waals surface area contributed by atoms with E-state index in [-0.39, 0.29) is 11.7 Å². The standard InChI is InChI=1S/C23H22N6O5S2/c1-35(31,32)29(36(2,33)34)18-7-3-15(4-8-18)22-23(28-12-11-24-14-21(28)26-22)25-17-6-9-19-16(13-17)5-10-20(19)27-30/h3-4,6-9,11-14,20,25H,5,10H2,1-2H3. The van der Waals surface area contributed by atoms with E-state index in [0.29, 0.717) is 32.9 Å². The van der Waals surface area contributed by atoms with E-state index < -0.39 is 20.0 Å². The number of sulfonamides is 2. The lowest BCUT2D eigenvalue weighted by molar-refractivity contribution is 0.590.